The molecule has 36 heteroatoms. The minimum atomic E-state index is -0.0800. The Morgan fingerprint density at radius 1 is 0.364 bits per heavy atom. The fraction of sp³-hybridized carbons (Fsp3) is 0.337. The number of piperazine rings is 1. The number of nitrogens with two attached hydrogens (primary N) is 1. The lowest BCUT2D eigenvalue weighted by atomic mass is 10.1. The molecule has 0 bridgehead atoms. The van der Waals surface area contributed by atoms with E-state index in [0.717, 1.165) is 206 Å². The van der Waals surface area contributed by atoms with Crippen molar-refractivity contribution in [1.82, 2.24) is 94.1 Å². The predicted molar refractivity (Wildman–Crippen MR) is 555 cm³/mol. The summed E-state index contributed by atoms with van der Waals surface area (Å²) in [6, 6.07) is 46.8. The lowest BCUT2D eigenvalue weighted by Crippen LogP contribution is -2.45. The maximum atomic E-state index is 13.2. The van der Waals surface area contributed by atoms with Crippen LogP contribution in [0, 0.1) is 0 Å². The third-order valence-corrected chi connectivity index (χ3v) is 22.8. The van der Waals surface area contributed by atoms with E-state index in [4.69, 9.17) is 73.8 Å². The van der Waals surface area contributed by atoms with Crippen LogP contribution < -0.4 is 68.5 Å². The molecule has 8 aromatic heterocycles. The van der Waals surface area contributed by atoms with Crippen LogP contribution in [0.4, 0.5) is 45.5 Å². The zero-order chi connectivity index (χ0) is 94.3. The molecule has 2 aliphatic rings. The highest BCUT2D eigenvalue weighted by molar-refractivity contribution is 5.90. The first-order valence-corrected chi connectivity index (χ1v) is 44.3. The van der Waals surface area contributed by atoms with Crippen LogP contribution in [-0.2, 0) is 32.5 Å². The molecule has 740 valence electrons. The average Bonchev–Trinajstić information content (AvgIpc) is 1.18. The summed E-state index contributed by atoms with van der Waals surface area (Å²) < 4.78 is 51.0. The lowest BCUT2D eigenvalue weighted by molar-refractivity contribution is -0.128. The van der Waals surface area contributed by atoms with Crippen molar-refractivity contribution in [2.45, 2.75) is 62.9 Å². The fourth-order valence-corrected chi connectivity index (χ4v) is 15.8. The Morgan fingerprint density at radius 3 is 1.04 bits per heavy atom. The number of rotatable bonds is 34. The van der Waals surface area contributed by atoms with Gasteiger partial charge >= 0.3 is 0 Å². The highest BCUT2D eigenvalue weighted by atomic mass is 16.5. The Bertz CT molecular complexity index is 6610. The summed E-state index contributed by atoms with van der Waals surface area (Å²) in [6.07, 6.45) is 24.3. The number of aryl methyl sites for hydroxylation is 3. The van der Waals surface area contributed by atoms with Crippen LogP contribution in [-0.4, -0.2) is 265 Å². The smallest absolute Gasteiger partial charge is 0.242 e. The van der Waals surface area contributed by atoms with Crippen molar-refractivity contribution in [3.05, 3.63) is 220 Å². The van der Waals surface area contributed by atoms with Crippen LogP contribution in [0.25, 0.3) is 89.2 Å². The van der Waals surface area contributed by atoms with Crippen LogP contribution in [0.1, 0.15) is 56.4 Å². The number of likely N-dealkylation sites (tertiary alicyclic amines) is 1. The first kappa shape index (κ1) is 107. The number of aliphatic hydroxyl groups is 3. The predicted octanol–water partition coefficient (Wildman–Crippen LogP) is 15.6. The number of methoxy groups -OCH3 is 7. The molecule has 10 heterocycles. The molecule has 0 unspecified atom stereocenters. The van der Waals surface area contributed by atoms with Gasteiger partial charge in [0.25, 0.3) is 0 Å². The molecule has 0 saturated carbocycles. The maximum Gasteiger partial charge on any atom is 0.242 e. The molecule has 8 aromatic carbocycles. The third kappa shape index (κ3) is 26.8. The van der Waals surface area contributed by atoms with E-state index in [2.05, 4.69) is 77.4 Å². The normalized spacial score (nSPS) is 12.0. The van der Waals surface area contributed by atoms with Crippen molar-refractivity contribution in [1.29, 1.82) is 0 Å². The summed E-state index contributed by atoms with van der Waals surface area (Å²) in [5, 5.41) is 48.1. The van der Waals surface area contributed by atoms with E-state index in [0.29, 0.717) is 72.8 Å². The largest absolute Gasteiger partial charge is 0.497 e. The Balaban J connectivity index is 0.000000190. The number of aromatic nitrogens is 16. The molecular weight excluding hydrogens is 1780 g/mol. The second-order valence-corrected chi connectivity index (χ2v) is 31.9. The monoisotopic (exact) mass is 1910 g/mol. The van der Waals surface area contributed by atoms with Gasteiger partial charge in [0, 0.05) is 265 Å². The van der Waals surface area contributed by atoms with Crippen LogP contribution >= 0.6 is 0 Å². The molecule has 0 atom stereocenters. The van der Waals surface area contributed by atoms with E-state index in [1.165, 1.54) is 0 Å². The molecule has 36 nitrogen and oxygen atoms in total. The van der Waals surface area contributed by atoms with Gasteiger partial charge in [-0.05, 0) is 92.1 Å². The van der Waals surface area contributed by atoms with Crippen molar-refractivity contribution in [3.63, 3.8) is 0 Å². The Morgan fingerprint density at radius 2 is 0.700 bits per heavy atom. The number of carbonyl (C=O) groups is 1. The number of benzene rings is 8. The molecule has 0 radical (unpaired) electrons. The number of hydrogen-bond acceptors (Lipinski definition) is 31. The number of nitrogens with zero attached hydrogens (tertiary/aromatic N) is 22. The molecule has 0 spiro atoms. The number of anilines is 8. The minimum Gasteiger partial charge on any atom is -0.497 e. The average molecular weight is 1910 g/mol. The Labute approximate surface area is 818 Å². The fourth-order valence-electron chi connectivity index (χ4n) is 15.8. The van der Waals surface area contributed by atoms with Gasteiger partial charge < -0.3 is 88.8 Å². The van der Waals surface area contributed by atoms with Crippen molar-refractivity contribution in [2.75, 3.05) is 174 Å². The van der Waals surface area contributed by atoms with Crippen LogP contribution in [0.5, 0.6) is 46.0 Å². The van der Waals surface area contributed by atoms with Crippen LogP contribution in [0.2, 0.25) is 0 Å². The Hall–Kier alpha value is -15.2. The summed E-state index contributed by atoms with van der Waals surface area (Å²) in [4.78, 5) is 63.7. The van der Waals surface area contributed by atoms with Gasteiger partial charge in [-0.1, -0.05) is 37.1 Å². The van der Waals surface area contributed by atoms with Crippen molar-refractivity contribution < 1.29 is 58.0 Å². The van der Waals surface area contributed by atoms with Crippen LogP contribution in [0.15, 0.2) is 220 Å². The highest BCUT2D eigenvalue weighted by Gasteiger charge is 2.26. The first-order chi connectivity index (χ1) is 65.9. The van der Waals surface area contributed by atoms with E-state index in [-0.39, 0.29) is 76.0 Å². The zero-order valence-electron chi connectivity index (χ0n) is 77.4. The van der Waals surface area contributed by atoms with Crippen molar-refractivity contribution in [2.24, 2.45) is 26.9 Å². The van der Waals surface area contributed by atoms with Gasteiger partial charge in [-0.3, -0.25) is 48.4 Å². The molecule has 16 aromatic rings. The minimum absolute atomic E-state index is 0. The number of fused-ring (bicyclic) bond motifs is 4. The topological polar surface area (TPSA) is 383 Å². The van der Waals surface area contributed by atoms with E-state index in [1.54, 1.807) is 118 Å². The second kappa shape index (κ2) is 51.3. The highest BCUT2D eigenvalue weighted by Crippen LogP contribution is 2.41. The van der Waals surface area contributed by atoms with Gasteiger partial charge in [0.05, 0.1) is 186 Å². The lowest BCUT2D eigenvalue weighted by Gasteiger charge is -2.32. The summed E-state index contributed by atoms with van der Waals surface area (Å²) >= 11 is 0. The molecule has 0 aliphatic carbocycles. The molecule has 140 heavy (non-hydrogen) atoms. The third-order valence-electron chi connectivity index (χ3n) is 22.8. The number of ether oxygens (including phenoxy) is 8. The molecule has 1 amide bonds. The van der Waals surface area contributed by atoms with Crippen molar-refractivity contribution in [3.8, 4) is 91.0 Å². The molecule has 2 saturated heterocycles. The van der Waals surface area contributed by atoms with Gasteiger partial charge in [-0.25, -0.2) is 19.9 Å². The van der Waals surface area contributed by atoms with E-state index in [1.807, 2.05) is 189 Å². The summed E-state index contributed by atoms with van der Waals surface area (Å²) in [5.74, 6) is 5.51. The van der Waals surface area contributed by atoms with Gasteiger partial charge in [-0.2, -0.15) is 20.4 Å². The first-order valence-electron chi connectivity index (χ1n) is 44.3. The molecule has 18 rings (SSSR count). The standard InChI is InChI=1S/C26H31N7O2.C26H28N6O3.C24H27N5O4.C23H26N6O3.5CH4/c1-31-18-19(16-29-31)26-17-28-24-5-4-20(14-25(24)30-26)33(11-10-32-8-6-27-7-9-32)21-12-22(34-2)15-23(13-21)35-3;1-30-16-18(14-28-30)25-15-27-23-7-6-19(12-24(23)29-25)32(17-26(33)31-8-4-5-9-31)20-10-21(34-2)13-22(11-20)35-3;1-28-16-17(14-26-28)24-15-25-22-5-4-18(12-23(22)27-24)29(6-3-7-30)19-10-20(32-2)13-21(11-19)33-9-8-31;1-31-19-9-18(10-20(12-19)32-2)29(6-5-24)17-3-4-21-22(11-17)27-23(14-25-21)16-13-26-28(15-16)7-8-30;;;;;/h4-5,12-18,27H,6-11H2,1-3H3;6-7,10-16H,4-5,8-9,17H2,1-3H3;4-5,10-16,30-31H,3,6-9H2,1-2H3;3-4,9-15,30H,5-8,24H2,1-2H3;5*1H4. The number of hydrogen-bond donors (Lipinski definition) is 5. The van der Waals surface area contributed by atoms with Crippen molar-refractivity contribution >= 4 is 95.5 Å². The van der Waals surface area contributed by atoms with E-state index in [9.17, 15) is 9.90 Å². The quantitative estimate of drug-likeness (QED) is 0.0250. The number of amides is 1. The van der Waals surface area contributed by atoms with Gasteiger partial charge in [0.2, 0.25) is 5.91 Å². The zero-order valence-corrected chi connectivity index (χ0v) is 77.4. The molecule has 6 N–H and O–H groups in total. The number of aliphatic hydroxyl groups excluding tert-OH is 3. The molecule has 2 fully saturated rings. The number of carbonyl (C=O) groups excluding carboxylic acids is 1. The number of nitrogens with one attached hydrogen (secondary N) is 1. The van der Waals surface area contributed by atoms with Gasteiger partial charge in [0.15, 0.2) is 0 Å². The SMILES string of the molecule is C.C.C.C.C.COc1cc(OC)cc(N(CC(=O)N2CCCC2)c2ccc3ncc(-c4cnn(C)c4)nc3c2)c1.COc1cc(OC)cc(N(CCN)c2ccc3ncc(-c4cnn(CCO)c4)nc3c2)c1.COc1cc(OC)cc(N(CCN2CCNCC2)c2ccc3ncc(-c4cnn(C)c4)nc3c2)c1.COc1cc(OCCO)cc(N(CCCO)c2ccc3ncc(-c4cnn(C)c4)nc3c2)c1. The summed E-state index contributed by atoms with van der Waals surface area (Å²) in [6.45, 7) is 9.96. The maximum absolute atomic E-state index is 13.2. The Kier molecular flexibility index (Phi) is 39.1. The molecule has 2 aliphatic heterocycles. The summed E-state index contributed by atoms with van der Waals surface area (Å²) in [5.41, 5.74) is 26.0. The van der Waals surface area contributed by atoms with E-state index >= 15 is 0 Å². The van der Waals surface area contributed by atoms with E-state index < -0.39 is 0 Å². The molecular formula is C104H132N24O12. The van der Waals surface area contributed by atoms with Gasteiger partial charge in [-0.15, -0.1) is 0 Å². The van der Waals surface area contributed by atoms with Crippen LogP contribution in [0.3, 0.4) is 0 Å². The second-order valence-electron chi connectivity index (χ2n) is 31.9. The summed E-state index contributed by atoms with van der Waals surface area (Å²) in [7, 11) is 17.1. The van der Waals surface area contributed by atoms with Gasteiger partial charge in [0.1, 0.15) is 59.1 Å².